The summed E-state index contributed by atoms with van der Waals surface area (Å²) in [4.78, 5) is 17.3. The Hall–Kier alpha value is -3.83. The van der Waals surface area contributed by atoms with E-state index in [1.807, 2.05) is 50.2 Å². The lowest BCUT2D eigenvalue weighted by Gasteiger charge is -2.41. The average molecular weight is 520 g/mol. The van der Waals surface area contributed by atoms with Crippen molar-refractivity contribution in [3.05, 3.63) is 110 Å². The van der Waals surface area contributed by atoms with Crippen molar-refractivity contribution in [2.75, 3.05) is 4.90 Å². The van der Waals surface area contributed by atoms with Gasteiger partial charge in [0.05, 0.1) is 23.1 Å². The van der Waals surface area contributed by atoms with Gasteiger partial charge in [-0.15, -0.1) is 11.3 Å². The summed E-state index contributed by atoms with van der Waals surface area (Å²) in [5, 5.41) is 10.2. The van der Waals surface area contributed by atoms with Crippen molar-refractivity contribution < 1.29 is 18.0 Å². The van der Waals surface area contributed by atoms with Crippen LogP contribution in [0.15, 0.2) is 83.3 Å². The van der Waals surface area contributed by atoms with E-state index in [2.05, 4.69) is 6.07 Å². The van der Waals surface area contributed by atoms with Gasteiger partial charge < -0.3 is 5.73 Å². The van der Waals surface area contributed by atoms with E-state index in [1.165, 1.54) is 17.0 Å². The maximum Gasteiger partial charge on any atom is 0.416 e. The molecule has 0 radical (unpaired) electrons. The van der Waals surface area contributed by atoms with E-state index >= 15 is 0 Å². The molecule has 8 heteroatoms. The normalized spacial score (nSPS) is 20.2. The predicted octanol–water partition coefficient (Wildman–Crippen LogP) is 7.08. The number of Topliss-reactive ketones (excluding diaryl/α,β-unsaturated/α-hetero) is 1. The van der Waals surface area contributed by atoms with E-state index in [4.69, 9.17) is 5.73 Å². The van der Waals surface area contributed by atoms with Crippen molar-refractivity contribution in [3.8, 4) is 6.07 Å². The summed E-state index contributed by atoms with van der Waals surface area (Å²) >= 11 is 1.57. The minimum absolute atomic E-state index is 0.0512. The third kappa shape index (κ3) is 4.34. The van der Waals surface area contributed by atoms with Gasteiger partial charge in [0.1, 0.15) is 5.82 Å². The zero-order valence-corrected chi connectivity index (χ0v) is 21.1. The highest BCUT2D eigenvalue weighted by atomic mass is 32.1. The number of carbonyl (C=O) groups excluding carboxylic acids is 1. The number of rotatable bonds is 3. The molecule has 0 amide bonds. The quantitative estimate of drug-likeness (QED) is 0.401. The van der Waals surface area contributed by atoms with Crippen molar-refractivity contribution in [2.24, 2.45) is 5.73 Å². The molecule has 4 nitrogen and oxygen atoms in total. The molecule has 37 heavy (non-hydrogen) atoms. The molecule has 1 aliphatic heterocycles. The third-order valence-electron chi connectivity index (χ3n) is 7.06. The van der Waals surface area contributed by atoms with Crippen molar-refractivity contribution in [1.29, 1.82) is 5.26 Å². The highest BCUT2D eigenvalue weighted by Crippen LogP contribution is 2.50. The first-order chi connectivity index (χ1) is 17.6. The van der Waals surface area contributed by atoms with E-state index in [-0.39, 0.29) is 35.2 Å². The summed E-state index contributed by atoms with van der Waals surface area (Å²) in [7, 11) is 0. The number of hydrogen-bond donors (Lipinski definition) is 1. The molecular formula is C29H24F3N3OS. The molecule has 1 aliphatic carbocycles. The van der Waals surface area contributed by atoms with Gasteiger partial charge in [0.2, 0.25) is 0 Å². The Morgan fingerprint density at radius 3 is 2.41 bits per heavy atom. The van der Waals surface area contributed by atoms with E-state index in [1.54, 1.807) is 11.3 Å². The minimum atomic E-state index is -4.55. The Morgan fingerprint density at radius 2 is 1.78 bits per heavy atom. The van der Waals surface area contributed by atoms with Crippen LogP contribution in [-0.4, -0.2) is 5.78 Å². The van der Waals surface area contributed by atoms with E-state index in [9.17, 15) is 23.2 Å². The van der Waals surface area contributed by atoms with E-state index in [0.717, 1.165) is 33.0 Å². The van der Waals surface area contributed by atoms with Gasteiger partial charge in [0.15, 0.2) is 5.78 Å². The number of anilines is 1. The molecule has 3 aromatic rings. The first-order valence-electron chi connectivity index (χ1n) is 11.9. The van der Waals surface area contributed by atoms with Crippen LogP contribution in [0.25, 0.3) is 0 Å². The summed E-state index contributed by atoms with van der Waals surface area (Å²) in [5.41, 5.74) is 8.92. The van der Waals surface area contributed by atoms with Crippen LogP contribution in [0.4, 0.5) is 18.9 Å². The first kappa shape index (κ1) is 24.8. The minimum Gasteiger partial charge on any atom is -0.384 e. The number of alkyl halides is 3. The van der Waals surface area contributed by atoms with Crippen LogP contribution in [0, 0.1) is 25.2 Å². The lowest BCUT2D eigenvalue weighted by atomic mass is 9.72. The first-order valence-corrected chi connectivity index (χ1v) is 12.7. The second-order valence-corrected chi connectivity index (χ2v) is 10.9. The van der Waals surface area contributed by atoms with Crippen LogP contribution >= 0.6 is 11.3 Å². The topological polar surface area (TPSA) is 70.1 Å². The molecule has 2 heterocycles. The zero-order valence-electron chi connectivity index (χ0n) is 20.3. The van der Waals surface area contributed by atoms with Gasteiger partial charge in [-0.3, -0.25) is 9.69 Å². The van der Waals surface area contributed by atoms with Crippen molar-refractivity contribution in [3.63, 3.8) is 0 Å². The van der Waals surface area contributed by atoms with Crippen LogP contribution in [0.1, 0.15) is 51.1 Å². The molecule has 2 N–H and O–H groups in total. The molecule has 2 atom stereocenters. The molecule has 0 saturated heterocycles. The number of aryl methyl sites for hydroxylation is 2. The maximum atomic E-state index is 13.9. The highest BCUT2D eigenvalue weighted by Gasteiger charge is 2.44. The molecule has 0 saturated carbocycles. The monoisotopic (exact) mass is 519 g/mol. The molecule has 0 fully saturated rings. The predicted molar refractivity (Wildman–Crippen MR) is 138 cm³/mol. The number of thiophene rings is 1. The van der Waals surface area contributed by atoms with Gasteiger partial charge in [-0.1, -0.05) is 36.4 Å². The fourth-order valence-electron chi connectivity index (χ4n) is 5.45. The molecular weight excluding hydrogens is 495 g/mol. The van der Waals surface area contributed by atoms with Gasteiger partial charge in [0, 0.05) is 33.1 Å². The lowest BCUT2D eigenvalue weighted by molar-refractivity contribution is -0.137. The molecule has 0 unspecified atom stereocenters. The molecule has 2 aliphatic rings. The van der Waals surface area contributed by atoms with Crippen molar-refractivity contribution >= 4 is 22.8 Å². The summed E-state index contributed by atoms with van der Waals surface area (Å²) < 4.78 is 40.8. The van der Waals surface area contributed by atoms with Crippen molar-refractivity contribution in [2.45, 2.75) is 44.7 Å². The largest absolute Gasteiger partial charge is 0.416 e. The smallest absolute Gasteiger partial charge is 0.384 e. The number of ketones is 1. The van der Waals surface area contributed by atoms with Crippen LogP contribution < -0.4 is 10.6 Å². The van der Waals surface area contributed by atoms with Crippen LogP contribution in [-0.2, 0) is 11.0 Å². The van der Waals surface area contributed by atoms with Gasteiger partial charge in [-0.25, -0.2) is 0 Å². The molecule has 1 aromatic heterocycles. The highest BCUT2D eigenvalue weighted by molar-refractivity contribution is 7.12. The van der Waals surface area contributed by atoms with E-state index in [0.29, 0.717) is 17.7 Å². The Kier molecular flexibility index (Phi) is 6.20. The number of benzene rings is 2. The summed E-state index contributed by atoms with van der Waals surface area (Å²) in [6.07, 6.45) is -3.90. The summed E-state index contributed by atoms with van der Waals surface area (Å²) in [5.74, 6) is -0.893. The van der Waals surface area contributed by atoms with Gasteiger partial charge >= 0.3 is 6.18 Å². The fraction of sp³-hybridized carbons (Fsp3) is 0.241. The number of carbonyl (C=O) groups is 1. The lowest BCUT2D eigenvalue weighted by Crippen LogP contribution is -2.40. The molecule has 2 aromatic carbocycles. The van der Waals surface area contributed by atoms with Crippen LogP contribution in [0.2, 0.25) is 0 Å². The molecule has 0 bridgehead atoms. The summed E-state index contributed by atoms with van der Waals surface area (Å²) in [6, 6.07) is 18.6. The van der Waals surface area contributed by atoms with Gasteiger partial charge in [-0.05, 0) is 61.6 Å². The molecule has 188 valence electrons. The Morgan fingerprint density at radius 1 is 1.05 bits per heavy atom. The second kappa shape index (κ2) is 9.24. The number of hydrogen-bond acceptors (Lipinski definition) is 5. The van der Waals surface area contributed by atoms with Crippen LogP contribution in [0.5, 0.6) is 0 Å². The van der Waals surface area contributed by atoms with Crippen LogP contribution in [0.3, 0.4) is 0 Å². The second-order valence-electron chi connectivity index (χ2n) is 9.40. The van der Waals surface area contributed by atoms with Gasteiger partial charge in [0.25, 0.3) is 0 Å². The Labute approximate surface area is 217 Å². The number of halogens is 3. The maximum absolute atomic E-state index is 13.9. The third-order valence-corrected chi connectivity index (χ3v) is 8.04. The zero-order chi connectivity index (χ0) is 26.5. The molecule has 0 spiro atoms. The standard InChI is InChI=1S/C29H24F3N3OS/c1-16-11-22(17(2)37-16)26-23(15-33)28(34)35(21-10-6-9-20(14-21)29(30,31)32)24-12-19(13-25(36)27(24)26)18-7-4-3-5-8-18/h3-11,14,19,26H,12-13,34H2,1-2H3/t19-,26+/m1/s1. The Balaban J connectivity index is 1.75. The molecule has 5 rings (SSSR count). The Bertz CT molecular complexity index is 1490. The number of allylic oxidation sites excluding steroid dienone is 3. The SMILES string of the molecule is Cc1cc([C@H]2C(C#N)=C(N)N(c3cccc(C(F)(F)F)c3)C3=C2C(=O)C[C@H](c2ccccc2)C3)c(C)s1. The van der Waals surface area contributed by atoms with E-state index < -0.39 is 17.7 Å². The fourth-order valence-corrected chi connectivity index (χ4v) is 6.42. The number of nitriles is 1. The summed E-state index contributed by atoms with van der Waals surface area (Å²) in [6.45, 7) is 3.90. The number of nitrogens with zero attached hydrogens (tertiary/aromatic N) is 2. The van der Waals surface area contributed by atoms with Gasteiger partial charge in [-0.2, -0.15) is 18.4 Å². The number of nitrogens with two attached hydrogens (primary N) is 1. The van der Waals surface area contributed by atoms with Crippen molar-refractivity contribution in [1.82, 2.24) is 0 Å². The average Bonchev–Trinajstić information content (AvgIpc) is 3.20.